The normalized spacial score (nSPS) is 12.1. The van der Waals surface area contributed by atoms with E-state index in [0.29, 0.717) is 0 Å². The average molecular weight is 209 g/mol. The van der Waals surface area contributed by atoms with Crippen LogP contribution < -0.4 is 0 Å². The SMILES string of the molecule is CCn1cc(/C=C(/C(C)C)[N+](=O)[O-])cn1. The van der Waals surface area contributed by atoms with E-state index in [4.69, 9.17) is 0 Å². The first-order valence-electron chi connectivity index (χ1n) is 4.93. The van der Waals surface area contributed by atoms with Crippen molar-refractivity contribution in [2.75, 3.05) is 0 Å². The summed E-state index contributed by atoms with van der Waals surface area (Å²) in [7, 11) is 0. The van der Waals surface area contributed by atoms with Gasteiger partial charge in [-0.2, -0.15) is 5.10 Å². The summed E-state index contributed by atoms with van der Waals surface area (Å²) in [6.07, 6.45) is 5.01. The monoisotopic (exact) mass is 209 g/mol. The van der Waals surface area contributed by atoms with Crippen molar-refractivity contribution in [2.24, 2.45) is 5.92 Å². The third-order valence-corrected chi connectivity index (χ3v) is 2.09. The zero-order valence-corrected chi connectivity index (χ0v) is 9.17. The zero-order valence-electron chi connectivity index (χ0n) is 9.17. The van der Waals surface area contributed by atoms with Gasteiger partial charge in [0, 0.05) is 30.3 Å². The zero-order chi connectivity index (χ0) is 11.4. The Hall–Kier alpha value is -1.65. The van der Waals surface area contributed by atoms with Gasteiger partial charge in [0.2, 0.25) is 5.70 Å². The Bertz CT molecular complexity index is 380. The molecule has 0 aliphatic rings. The second-order valence-corrected chi connectivity index (χ2v) is 3.61. The predicted octanol–water partition coefficient (Wildman–Crippen LogP) is 2.18. The van der Waals surface area contributed by atoms with Crippen LogP contribution in [0.15, 0.2) is 18.1 Å². The first kappa shape index (κ1) is 11.4. The van der Waals surface area contributed by atoms with Gasteiger partial charge >= 0.3 is 0 Å². The molecule has 0 aliphatic carbocycles. The Kier molecular flexibility index (Phi) is 3.60. The molecule has 82 valence electrons. The van der Waals surface area contributed by atoms with Crippen molar-refractivity contribution < 1.29 is 4.92 Å². The van der Waals surface area contributed by atoms with Gasteiger partial charge in [0.1, 0.15) is 0 Å². The van der Waals surface area contributed by atoms with Gasteiger partial charge in [-0.3, -0.25) is 14.8 Å². The molecule has 15 heavy (non-hydrogen) atoms. The fourth-order valence-electron chi connectivity index (χ4n) is 1.23. The average Bonchev–Trinajstić information content (AvgIpc) is 2.60. The van der Waals surface area contributed by atoms with Gasteiger partial charge in [0.25, 0.3) is 0 Å². The molecule has 1 aromatic heterocycles. The van der Waals surface area contributed by atoms with Crippen molar-refractivity contribution in [3.63, 3.8) is 0 Å². The summed E-state index contributed by atoms with van der Waals surface area (Å²) in [6.45, 7) is 6.35. The van der Waals surface area contributed by atoms with Crippen molar-refractivity contribution in [2.45, 2.75) is 27.3 Å². The number of allylic oxidation sites excluding steroid dienone is 1. The summed E-state index contributed by atoms with van der Waals surface area (Å²) in [5, 5.41) is 14.8. The van der Waals surface area contributed by atoms with E-state index < -0.39 is 0 Å². The lowest BCUT2D eigenvalue weighted by molar-refractivity contribution is -0.431. The van der Waals surface area contributed by atoms with E-state index in [1.54, 1.807) is 37.0 Å². The van der Waals surface area contributed by atoms with Crippen molar-refractivity contribution in [1.82, 2.24) is 9.78 Å². The second-order valence-electron chi connectivity index (χ2n) is 3.61. The van der Waals surface area contributed by atoms with Crippen molar-refractivity contribution in [1.29, 1.82) is 0 Å². The van der Waals surface area contributed by atoms with Crippen LogP contribution in [0, 0.1) is 16.0 Å². The lowest BCUT2D eigenvalue weighted by Crippen LogP contribution is -2.05. The standard InChI is InChI=1S/C10H15N3O2/c1-4-12-7-9(6-11-12)5-10(8(2)3)13(14)15/h5-8H,4H2,1-3H3/b10-5-. The minimum atomic E-state index is -0.339. The molecule has 5 nitrogen and oxygen atoms in total. The molecule has 0 fully saturated rings. The van der Waals surface area contributed by atoms with Crippen LogP contribution in [-0.2, 0) is 6.54 Å². The highest BCUT2D eigenvalue weighted by atomic mass is 16.6. The maximum Gasteiger partial charge on any atom is 0.249 e. The maximum absolute atomic E-state index is 10.7. The minimum absolute atomic E-state index is 0.0926. The fourth-order valence-corrected chi connectivity index (χ4v) is 1.23. The van der Waals surface area contributed by atoms with Crippen LogP contribution in [0.4, 0.5) is 0 Å². The number of nitro groups is 1. The fraction of sp³-hybridized carbons (Fsp3) is 0.500. The quantitative estimate of drug-likeness (QED) is 0.564. The molecule has 0 spiro atoms. The van der Waals surface area contributed by atoms with Crippen LogP contribution in [0.1, 0.15) is 26.3 Å². The molecule has 0 saturated heterocycles. The Morgan fingerprint density at radius 3 is 2.80 bits per heavy atom. The molecule has 0 bridgehead atoms. The van der Waals surface area contributed by atoms with E-state index in [2.05, 4.69) is 5.10 Å². The molecular formula is C10H15N3O2. The number of hydrogen-bond acceptors (Lipinski definition) is 3. The van der Waals surface area contributed by atoms with E-state index in [0.717, 1.165) is 12.1 Å². The maximum atomic E-state index is 10.7. The number of hydrogen-bond donors (Lipinski definition) is 0. The van der Waals surface area contributed by atoms with Gasteiger partial charge in [-0.05, 0) is 6.92 Å². The van der Waals surface area contributed by atoms with Crippen LogP contribution in [0.25, 0.3) is 6.08 Å². The molecule has 0 N–H and O–H groups in total. The van der Waals surface area contributed by atoms with Crippen LogP contribution in [0.3, 0.4) is 0 Å². The highest BCUT2D eigenvalue weighted by Gasteiger charge is 2.15. The Morgan fingerprint density at radius 1 is 1.73 bits per heavy atom. The van der Waals surface area contributed by atoms with Gasteiger partial charge in [-0.25, -0.2) is 0 Å². The summed E-state index contributed by atoms with van der Waals surface area (Å²) in [5.74, 6) is -0.0926. The molecule has 0 saturated carbocycles. The minimum Gasteiger partial charge on any atom is -0.272 e. The van der Waals surface area contributed by atoms with Gasteiger partial charge in [-0.1, -0.05) is 13.8 Å². The van der Waals surface area contributed by atoms with Gasteiger partial charge in [0.05, 0.1) is 11.1 Å². The lowest BCUT2D eigenvalue weighted by Gasteiger charge is -2.00. The van der Waals surface area contributed by atoms with Crippen LogP contribution in [-0.4, -0.2) is 14.7 Å². The molecule has 0 aromatic carbocycles. The molecular weight excluding hydrogens is 194 g/mol. The first-order valence-corrected chi connectivity index (χ1v) is 4.93. The Balaban J connectivity index is 2.97. The largest absolute Gasteiger partial charge is 0.272 e. The van der Waals surface area contributed by atoms with Crippen LogP contribution >= 0.6 is 0 Å². The lowest BCUT2D eigenvalue weighted by atomic mass is 10.1. The topological polar surface area (TPSA) is 61.0 Å². The Morgan fingerprint density at radius 2 is 2.40 bits per heavy atom. The van der Waals surface area contributed by atoms with E-state index in [1.807, 2.05) is 6.92 Å². The molecule has 1 heterocycles. The molecule has 5 heteroatoms. The van der Waals surface area contributed by atoms with Gasteiger partial charge in [-0.15, -0.1) is 0 Å². The number of nitrogens with zero attached hydrogens (tertiary/aromatic N) is 3. The van der Waals surface area contributed by atoms with E-state index >= 15 is 0 Å². The van der Waals surface area contributed by atoms with Crippen LogP contribution in [0.5, 0.6) is 0 Å². The third-order valence-electron chi connectivity index (χ3n) is 2.09. The van der Waals surface area contributed by atoms with Gasteiger partial charge < -0.3 is 0 Å². The van der Waals surface area contributed by atoms with E-state index in [-0.39, 0.29) is 16.5 Å². The summed E-state index contributed by atoms with van der Waals surface area (Å²) < 4.78 is 1.74. The van der Waals surface area contributed by atoms with Crippen molar-refractivity contribution in [3.05, 3.63) is 33.8 Å². The third kappa shape index (κ3) is 2.90. The molecule has 0 aliphatic heterocycles. The summed E-state index contributed by atoms with van der Waals surface area (Å²) in [6, 6.07) is 0. The highest BCUT2D eigenvalue weighted by Crippen LogP contribution is 2.14. The summed E-state index contributed by atoms with van der Waals surface area (Å²) in [4.78, 5) is 10.4. The highest BCUT2D eigenvalue weighted by molar-refractivity contribution is 5.49. The number of aromatic nitrogens is 2. The molecule has 0 amide bonds. The summed E-state index contributed by atoms with van der Waals surface area (Å²) >= 11 is 0. The summed E-state index contributed by atoms with van der Waals surface area (Å²) in [5.41, 5.74) is 0.989. The smallest absolute Gasteiger partial charge is 0.249 e. The molecule has 0 radical (unpaired) electrons. The molecule has 0 atom stereocenters. The number of rotatable bonds is 4. The molecule has 1 rings (SSSR count). The molecule has 1 aromatic rings. The van der Waals surface area contributed by atoms with Crippen molar-refractivity contribution in [3.8, 4) is 0 Å². The van der Waals surface area contributed by atoms with Crippen molar-refractivity contribution >= 4 is 6.08 Å². The van der Waals surface area contributed by atoms with Crippen LogP contribution in [0.2, 0.25) is 0 Å². The van der Waals surface area contributed by atoms with E-state index in [1.165, 1.54) is 0 Å². The second kappa shape index (κ2) is 4.72. The predicted molar refractivity (Wildman–Crippen MR) is 57.7 cm³/mol. The molecule has 0 unspecified atom stereocenters. The first-order chi connectivity index (χ1) is 7.04. The van der Waals surface area contributed by atoms with E-state index in [9.17, 15) is 10.1 Å². The Labute approximate surface area is 88.6 Å². The number of aryl methyl sites for hydroxylation is 1. The van der Waals surface area contributed by atoms with Gasteiger partial charge in [0.15, 0.2) is 0 Å².